The summed E-state index contributed by atoms with van der Waals surface area (Å²) in [7, 11) is 3.96. The molecule has 3 aliphatic rings. The number of alkyl halides is 2. The molecule has 1 saturated heterocycles. The Balaban J connectivity index is 2.17. The molecule has 3 rings (SSSR count). The van der Waals surface area contributed by atoms with E-state index in [1.807, 2.05) is 0 Å². The first-order valence-electron chi connectivity index (χ1n) is 8.90. The summed E-state index contributed by atoms with van der Waals surface area (Å²) < 4.78 is 21.8. The number of fused-ring (bicyclic) bond motifs is 5. The molecule has 0 spiro atoms. The first-order valence-corrected chi connectivity index (χ1v) is 10.4. The second-order valence-electron chi connectivity index (χ2n) is 8.31. The van der Waals surface area contributed by atoms with E-state index in [0.717, 1.165) is 0 Å². The zero-order valence-corrected chi connectivity index (χ0v) is 19.9. The van der Waals surface area contributed by atoms with Crippen LogP contribution in [-0.2, 0) is 23.7 Å². The van der Waals surface area contributed by atoms with E-state index in [-0.39, 0.29) is 16.6 Å². The van der Waals surface area contributed by atoms with Gasteiger partial charge >= 0.3 is 12.1 Å². The average molecular weight is 491 g/mol. The fraction of sp³-hybridized carbons (Fsp3) is 0.778. The van der Waals surface area contributed by atoms with Crippen molar-refractivity contribution in [2.75, 3.05) is 27.9 Å². The first kappa shape index (κ1) is 23.2. The van der Waals surface area contributed by atoms with Gasteiger partial charge in [0, 0.05) is 32.6 Å². The van der Waals surface area contributed by atoms with Gasteiger partial charge in [-0.1, -0.05) is 23.2 Å². The molecule has 1 amide bonds. The van der Waals surface area contributed by atoms with Gasteiger partial charge < -0.3 is 18.9 Å². The third-order valence-electron chi connectivity index (χ3n) is 5.91. The van der Waals surface area contributed by atoms with Crippen LogP contribution in [0.15, 0.2) is 10.1 Å². The molecule has 5 atom stereocenters. The van der Waals surface area contributed by atoms with E-state index in [0.29, 0.717) is 0 Å². The van der Waals surface area contributed by atoms with Gasteiger partial charge in [-0.3, -0.25) is 4.90 Å². The van der Waals surface area contributed by atoms with E-state index in [9.17, 15) is 9.59 Å². The Kier molecular flexibility index (Phi) is 5.64. The molecule has 7 nitrogen and oxygen atoms in total. The highest BCUT2D eigenvalue weighted by Crippen LogP contribution is 2.76. The van der Waals surface area contributed by atoms with Crippen LogP contribution in [0.4, 0.5) is 4.79 Å². The molecule has 1 saturated carbocycles. The Hall–Kier alpha value is -0.440. The number of carbonyl (C=O) groups is 2. The van der Waals surface area contributed by atoms with Crippen molar-refractivity contribution in [3.63, 3.8) is 0 Å². The number of likely N-dealkylation sites (tertiary alicyclic amines) is 1. The minimum atomic E-state index is -1.65. The molecular formula is C18H23Cl4NO6. The van der Waals surface area contributed by atoms with Gasteiger partial charge in [0.1, 0.15) is 21.4 Å². The molecule has 0 aromatic rings. The molecule has 1 aliphatic heterocycles. The van der Waals surface area contributed by atoms with Gasteiger partial charge in [0.15, 0.2) is 0 Å². The monoisotopic (exact) mass is 489 g/mol. The van der Waals surface area contributed by atoms with Crippen LogP contribution in [-0.4, -0.2) is 72.0 Å². The molecule has 0 radical (unpaired) electrons. The van der Waals surface area contributed by atoms with Crippen molar-refractivity contribution >= 4 is 58.5 Å². The maximum Gasteiger partial charge on any atom is 0.411 e. The number of amides is 1. The molecule has 0 aromatic heterocycles. The van der Waals surface area contributed by atoms with Gasteiger partial charge in [0.2, 0.25) is 5.79 Å². The molecule has 29 heavy (non-hydrogen) atoms. The van der Waals surface area contributed by atoms with Crippen molar-refractivity contribution in [3.05, 3.63) is 10.1 Å². The lowest BCUT2D eigenvalue weighted by atomic mass is 9.81. The zero-order valence-electron chi connectivity index (χ0n) is 16.8. The van der Waals surface area contributed by atoms with Crippen molar-refractivity contribution < 1.29 is 28.5 Å². The van der Waals surface area contributed by atoms with Crippen LogP contribution in [0.1, 0.15) is 20.8 Å². The van der Waals surface area contributed by atoms with Gasteiger partial charge in [-0.15, -0.1) is 23.2 Å². The van der Waals surface area contributed by atoms with E-state index in [1.165, 1.54) is 26.2 Å². The molecule has 2 fully saturated rings. The minimum absolute atomic E-state index is 0.0146. The van der Waals surface area contributed by atoms with Crippen molar-refractivity contribution in [2.45, 2.75) is 47.9 Å². The molecule has 2 bridgehead atoms. The van der Waals surface area contributed by atoms with Gasteiger partial charge in [-0.05, 0) is 20.8 Å². The van der Waals surface area contributed by atoms with Gasteiger partial charge in [0.05, 0.1) is 17.2 Å². The molecule has 164 valence electrons. The third-order valence-corrected chi connectivity index (χ3v) is 8.58. The number of methoxy groups -OCH3 is 3. The van der Waals surface area contributed by atoms with Crippen LogP contribution in [0.3, 0.4) is 0 Å². The van der Waals surface area contributed by atoms with E-state index in [2.05, 4.69) is 0 Å². The zero-order chi connectivity index (χ0) is 22.2. The van der Waals surface area contributed by atoms with Crippen LogP contribution in [0.25, 0.3) is 0 Å². The number of rotatable bonds is 3. The summed E-state index contributed by atoms with van der Waals surface area (Å²) in [5, 5.41) is 0.0798. The summed E-state index contributed by atoms with van der Waals surface area (Å²) in [6.07, 6.45) is -0.699. The molecular weight excluding hydrogens is 468 g/mol. The molecule has 1 heterocycles. The second-order valence-corrected chi connectivity index (χ2v) is 10.3. The van der Waals surface area contributed by atoms with Crippen molar-refractivity contribution in [2.24, 2.45) is 11.8 Å². The summed E-state index contributed by atoms with van der Waals surface area (Å²) in [5.41, 5.74) is -0.776. The summed E-state index contributed by atoms with van der Waals surface area (Å²) in [6, 6.07) is -1.12. The van der Waals surface area contributed by atoms with Gasteiger partial charge in [-0.2, -0.15) is 0 Å². The quantitative estimate of drug-likeness (QED) is 0.341. The summed E-state index contributed by atoms with van der Waals surface area (Å²) in [5.74, 6) is -3.75. The highest BCUT2D eigenvalue weighted by atomic mass is 35.5. The van der Waals surface area contributed by atoms with E-state index >= 15 is 0 Å². The predicted molar refractivity (Wildman–Crippen MR) is 108 cm³/mol. The maximum atomic E-state index is 12.9. The number of ether oxygens (including phenoxy) is 4. The standard InChI is InChI=1S/C18H23Cl4NO6/c1-15(2,3)29-14(25)23-7-8-9(10(23)13(24)26-4)17(22)12(20)11(19)16(8,21)18(17,27-5)28-6/h8-10H,7H2,1-6H3/t8-,9-,10-,16-,17+/m0/s1. The number of carbonyl (C=O) groups excluding carboxylic acids is 2. The second kappa shape index (κ2) is 7.04. The van der Waals surface area contributed by atoms with Crippen LogP contribution in [0.2, 0.25) is 0 Å². The van der Waals surface area contributed by atoms with Crippen LogP contribution < -0.4 is 0 Å². The largest absolute Gasteiger partial charge is 0.467 e. The Morgan fingerprint density at radius 2 is 1.55 bits per heavy atom. The molecule has 2 aliphatic carbocycles. The highest BCUT2D eigenvalue weighted by molar-refractivity contribution is 6.52. The van der Waals surface area contributed by atoms with Crippen molar-refractivity contribution in [3.8, 4) is 0 Å². The fourth-order valence-corrected chi connectivity index (χ4v) is 7.18. The van der Waals surface area contributed by atoms with Crippen molar-refractivity contribution in [1.29, 1.82) is 0 Å². The van der Waals surface area contributed by atoms with E-state index in [1.54, 1.807) is 20.8 Å². The fourth-order valence-electron chi connectivity index (χ4n) is 4.95. The minimum Gasteiger partial charge on any atom is -0.467 e. The van der Waals surface area contributed by atoms with Crippen LogP contribution >= 0.6 is 46.4 Å². The van der Waals surface area contributed by atoms with Gasteiger partial charge in [0.25, 0.3) is 0 Å². The summed E-state index contributed by atoms with van der Waals surface area (Å²) >= 11 is 27.1. The lowest BCUT2D eigenvalue weighted by Gasteiger charge is -2.43. The molecule has 0 unspecified atom stereocenters. The molecule has 0 aromatic carbocycles. The summed E-state index contributed by atoms with van der Waals surface area (Å²) in [4.78, 5) is 23.8. The molecule has 0 N–H and O–H groups in total. The number of hydrogen-bond acceptors (Lipinski definition) is 6. The topological polar surface area (TPSA) is 74.3 Å². The number of halogens is 4. The van der Waals surface area contributed by atoms with Gasteiger partial charge in [-0.25, -0.2) is 9.59 Å². The number of hydrogen-bond donors (Lipinski definition) is 0. The Labute approximate surface area is 189 Å². The van der Waals surface area contributed by atoms with E-state index in [4.69, 9.17) is 65.4 Å². The Bertz CT molecular complexity index is 779. The lowest BCUT2D eigenvalue weighted by molar-refractivity contribution is -0.223. The normalized spacial score (nSPS) is 37.7. The smallest absolute Gasteiger partial charge is 0.411 e. The first-order chi connectivity index (χ1) is 13.3. The van der Waals surface area contributed by atoms with Crippen LogP contribution in [0, 0.1) is 11.8 Å². The molecule has 11 heteroatoms. The number of nitrogens with zero attached hydrogens (tertiary/aromatic N) is 1. The summed E-state index contributed by atoms with van der Waals surface area (Å²) in [6.45, 7) is 5.19. The SMILES string of the molecule is COC(=O)[C@@H]1[C@@H]2[C@H](CN1C(=O)OC(C)(C)C)[C@]1(Cl)C(Cl)=C(Cl)[C@@]2(Cl)C1(OC)OC. The third kappa shape index (κ3) is 2.64. The predicted octanol–water partition coefficient (Wildman–Crippen LogP) is 3.67. The van der Waals surface area contributed by atoms with Crippen LogP contribution in [0.5, 0.6) is 0 Å². The average Bonchev–Trinajstić information content (AvgIpc) is 3.16. The highest BCUT2D eigenvalue weighted by Gasteiger charge is 2.88. The maximum absolute atomic E-state index is 12.9. The van der Waals surface area contributed by atoms with Crippen molar-refractivity contribution in [1.82, 2.24) is 4.90 Å². The number of esters is 1. The Morgan fingerprint density at radius 1 is 1.03 bits per heavy atom. The lowest BCUT2D eigenvalue weighted by Crippen LogP contribution is -2.61. The van der Waals surface area contributed by atoms with E-state index < -0.39 is 51.1 Å². The Morgan fingerprint density at radius 3 is 2.00 bits per heavy atom.